The molecule has 1 aromatic rings. The van der Waals surface area contributed by atoms with Gasteiger partial charge in [0.2, 0.25) is 0 Å². The molecule has 1 heterocycles. The van der Waals surface area contributed by atoms with Crippen molar-refractivity contribution < 1.29 is 0 Å². The average Bonchev–Trinajstić information content (AvgIpc) is 2.42. The smallest absolute Gasteiger partial charge is 0.187 e. The van der Waals surface area contributed by atoms with E-state index in [1.165, 1.54) is 44.1 Å². The summed E-state index contributed by atoms with van der Waals surface area (Å²) in [6, 6.07) is 0. The summed E-state index contributed by atoms with van der Waals surface area (Å²) >= 11 is 1.58. The van der Waals surface area contributed by atoms with Crippen LogP contribution in [-0.4, -0.2) is 22.8 Å². The van der Waals surface area contributed by atoms with Gasteiger partial charge in [0.15, 0.2) is 5.16 Å². The lowest BCUT2D eigenvalue weighted by molar-refractivity contribution is 0.571. The van der Waals surface area contributed by atoms with Crippen LogP contribution in [0.15, 0.2) is 17.6 Å². The molecule has 102 valence electrons. The predicted molar refractivity (Wildman–Crippen MR) is 78.9 cm³/mol. The van der Waals surface area contributed by atoms with Crippen LogP contribution in [0.2, 0.25) is 0 Å². The van der Waals surface area contributed by atoms with Gasteiger partial charge in [-0.25, -0.2) is 9.97 Å². The van der Waals surface area contributed by atoms with Crippen molar-refractivity contribution in [2.75, 3.05) is 12.8 Å². The maximum absolute atomic E-state index is 4.26. The van der Waals surface area contributed by atoms with Gasteiger partial charge in [0, 0.05) is 24.5 Å². The highest BCUT2D eigenvalue weighted by molar-refractivity contribution is 7.98. The van der Waals surface area contributed by atoms with Crippen LogP contribution in [0.1, 0.15) is 51.0 Å². The molecule has 0 unspecified atom stereocenters. The predicted octanol–water partition coefficient (Wildman–Crippen LogP) is 3.65. The van der Waals surface area contributed by atoms with Gasteiger partial charge >= 0.3 is 0 Å². The van der Waals surface area contributed by atoms with Gasteiger partial charge in [-0.15, -0.1) is 0 Å². The third-order valence-corrected chi connectivity index (χ3v) is 3.48. The van der Waals surface area contributed by atoms with Crippen molar-refractivity contribution in [3.63, 3.8) is 0 Å². The number of aromatic nitrogens is 2. The van der Waals surface area contributed by atoms with Crippen molar-refractivity contribution in [1.29, 1.82) is 0 Å². The topological polar surface area (TPSA) is 37.8 Å². The standard InChI is InChI=1S/C14H25N3S/c1-3-4-5-6-7-8-9-15-10-13-11-16-14(18-2)17-12-13/h11-12,15H,3-10H2,1-2H3. The highest BCUT2D eigenvalue weighted by Gasteiger charge is 1.96. The van der Waals surface area contributed by atoms with E-state index in [1.54, 1.807) is 11.8 Å². The Bertz CT molecular complexity index is 300. The van der Waals surface area contributed by atoms with Crippen LogP contribution in [0, 0.1) is 0 Å². The molecule has 4 heteroatoms. The van der Waals surface area contributed by atoms with Crippen LogP contribution in [-0.2, 0) is 6.54 Å². The van der Waals surface area contributed by atoms with E-state index in [0.717, 1.165) is 18.2 Å². The zero-order chi connectivity index (χ0) is 13.1. The summed E-state index contributed by atoms with van der Waals surface area (Å²) in [5.74, 6) is 0. The molecule has 1 N–H and O–H groups in total. The van der Waals surface area contributed by atoms with Crippen LogP contribution >= 0.6 is 11.8 Å². The monoisotopic (exact) mass is 267 g/mol. The van der Waals surface area contributed by atoms with E-state index in [2.05, 4.69) is 22.2 Å². The lowest BCUT2D eigenvalue weighted by atomic mass is 10.1. The number of thioether (sulfide) groups is 1. The molecule has 1 rings (SSSR count). The van der Waals surface area contributed by atoms with Crippen LogP contribution in [0.25, 0.3) is 0 Å². The first-order chi connectivity index (χ1) is 8.86. The van der Waals surface area contributed by atoms with Gasteiger partial charge in [-0.05, 0) is 19.2 Å². The molecule has 0 bridgehead atoms. The lowest BCUT2D eigenvalue weighted by Crippen LogP contribution is -2.15. The van der Waals surface area contributed by atoms with Gasteiger partial charge in [-0.2, -0.15) is 0 Å². The third kappa shape index (κ3) is 6.97. The normalized spacial score (nSPS) is 10.8. The Morgan fingerprint density at radius 1 is 1.06 bits per heavy atom. The molecule has 18 heavy (non-hydrogen) atoms. The molecule has 0 saturated carbocycles. The van der Waals surface area contributed by atoms with Crippen molar-refractivity contribution in [3.05, 3.63) is 18.0 Å². The number of unbranched alkanes of at least 4 members (excludes halogenated alkanes) is 5. The van der Waals surface area contributed by atoms with Gasteiger partial charge in [-0.1, -0.05) is 50.8 Å². The fraction of sp³-hybridized carbons (Fsp3) is 0.714. The van der Waals surface area contributed by atoms with Crippen molar-refractivity contribution in [3.8, 4) is 0 Å². The Morgan fingerprint density at radius 3 is 2.39 bits per heavy atom. The second kappa shape index (κ2) is 10.3. The van der Waals surface area contributed by atoms with E-state index < -0.39 is 0 Å². The Balaban J connectivity index is 2.00. The third-order valence-electron chi connectivity index (χ3n) is 2.90. The van der Waals surface area contributed by atoms with Gasteiger partial charge < -0.3 is 5.32 Å². The second-order valence-electron chi connectivity index (χ2n) is 4.52. The number of hydrogen-bond acceptors (Lipinski definition) is 4. The molecule has 0 aromatic carbocycles. The van der Waals surface area contributed by atoms with Crippen molar-refractivity contribution in [1.82, 2.24) is 15.3 Å². The molecule has 0 aliphatic rings. The molecule has 0 amide bonds. The van der Waals surface area contributed by atoms with Crippen LogP contribution < -0.4 is 5.32 Å². The molecule has 0 saturated heterocycles. The van der Waals surface area contributed by atoms with Crippen LogP contribution in [0.3, 0.4) is 0 Å². The highest BCUT2D eigenvalue weighted by Crippen LogP contribution is 2.07. The van der Waals surface area contributed by atoms with E-state index in [9.17, 15) is 0 Å². The average molecular weight is 267 g/mol. The Labute approximate surface area is 115 Å². The number of nitrogens with zero attached hydrogens (tertiary/aromatic N) is 2. The summed E-state index contributed by atoms with van der Waals surface area (Å²) < 4.78 is 0. The molecular formula is C14H25N3S. The summed E-state index contributed by atoms with van der Waals surface area (Å²) in [7, 11) is 0. The summed E-state index contributed by atoms with van der Waals surface area (Å²) in [4.78, 5) is 8.52. The summed E-state index contributed by atoms with van der Waals surface area (Å²) in [5.41, 5.74) is 1.17. The fourth-order valence-corrected chi connectivity index (χ4v) is 2.12. The first-order valence-electron chi connectivity index (χ1n) is 6.92. The minimum absolute atomic E-state index is 0.842. The Morgan fingerprint density at radius 2 is 1.72 bits per heavy atom. The number of hydrogen-bond donors (Lipinski definition) is 1. The van der Waals surface area contributed by atoms with E-state index in [-0.39, 0.29) is 0 Å². The summed E-state index contributed by atoms with van der Waals surface area (Å²) in [5, 5.41) is 4.29. The second-order valence-corrected chi connectivity index (χ2v) is 5.30. The number of rotatable bonds is 10. The van der Waals surface area contributed by atoms with Crippen molar-refractivity contribution in [2.24, 2.45) is 0 Å². The van der Waals surface area contributed by atoms with E-state index in [0.29, 0.717) is 0 Å². The minimum Gasteiger partial charge on any atom is -0.313 e. The zero-order valence-corrected chi connectivity index (χ0v) is 12.4. The maximum atomic E-state index is 4.26. The van der Waals surface area contributed by atoms with Gasteiger partial charge in [0.05, 0.1) is 0 Å². The molecule has 0 spiro atoms. The molecule has 0 aliphatic carbocycles. The van der Waals surface area contributed by atoms with Gasteiger partial charge in [0.1, 0.15) is 0 Å². The summed E-state index contributed by atoms with van der Waals surface area (Å²) in [6.07, 6.45) is 13.9. The molecule has 0 fully saturated rings. The molecule has 0 radical (unpaired) electrons. The van der Waals surface area contributed by atoms with Crippen molar-refractivity contribution in [2.45, 2.75) is 57.1 Å². The van der Waals surface area contributed by atoms with Crippen molar-refractivity contribution >= 4 is 11.8 Å². The van der Waals surface area contributed by atoms with E-state index in [1.807, 2.05) is 18.6 Å². The Kier molecular flexibility index (Phi) is 8.86. The van der Waals surface area contributed by atoms with Crippen LogP contribution in [0.4, 0.5) is 0 Å². The van der Waals surface area contributed by atoms with E-state index >= 15 is 0 Å². The largest absolute Gasteiger partial charge is 0.313 e. The first kappa shape index (κ1) is 15.4. The van der Waals surface area contributed by atoms with Gasteiger partial charge in [-0.3, -0.25) is 0 Å². The minimum atomic E-state index is 0.842. The zero-order valence-electron chi connectivity index (χ0n) is 11.6. The number of nitrogens with one attached hydrogen (secondary N) is 1. The maximum Gasteiger partial charge on any atom is 0.187 e. The lowest BCUT2D eigenvalue weighted by Gasteiger charge is -2.04. The SMILES string of the molecule is CCCCCCCCNCc1cnc(SC)nc1. The first-order valence-corrected chi connectivity index (χ1v) is 8.15. The molecule has 1 aromatic heterocycles. The van der Waals surface area contributed by atoms with Gasteiger partial charge in [0.25, 0.3) is 0 Å². The highest BCUT2D eigenvalue weighted by atomic mass is 32.2. The van der Waals surface area contributed by atoms with Crippen LogP contribution in [0.5, 0.6) is 0 Å². The Hall–Kier alpha value is -0.610. The molecule has 0 atom stereocenters. The molecule has 3 nitrogen and oxygen atoms in total. The fourth-order valence-electron chi connectivity index (χ4n) is 1.80. The quantitative estimate of drug-likeness (QED) is 0.399. The summed E-state index contributed by atoms with van der Waals surface area (Å²) in [6.45, 7) is 4.23. The molecule has 0 aliphatic heterocycles. The molecular weight excluding hydrogens is 242 g/mol. The van der Waals surface area contributed by atoms with E-state index in [4.69, 9.17) is 0 Å².